The lowest BCUT2D eigenvalue weighted by Crippen LogP contribution is -2.41. The van der Waals surface area contributed by atoms with E-state index < -0.39 is 30.4 Å². The van der Waals surface area contributed by atoms with Gasteiger partial charge < -0.3 is 24.1 Å². The number of amides is 1. The summed E-state index contributed by atoms with van der Waals surface area (Å²) in [6, 6.07) is 21.8. The molecule has 0 bridgehead atoms. The highest BCUT2D eigenvalue weighted by Crippen LogP contribution is 2.44. The number of esters is 1. The monoisotopic (exact) mass is 553 g/mol. The van der Waals surface area contributed by atoms with Gasteiger partial charge in [0.2, 0.25) is 0 Å². The predicted octanol–water partition coefficient (Wildman–Crippen LogP) is 6.34. The predicted molar refractivity (Wildman–Crippen MR) is 160 cm³/mol. The molecular formula is C33H36BNO6. The van der Waals surface area contributed by atoms with Crippen LogP contribution >= 0.6 is 0 Å². The summed E-state index contributed by atoms with van der Waals surface area (Å²) in [4.78, 5) is 25.0. The zero-order valence-corrected chi connectivity index (χ0v) is 24.4. The SMILES string of the molecule is COC(=O)c1ccc(C=C(CNC(=O)OCC2c3ccccc3-c3ccccc32)B2OC(C)(C)C(C)(C)O2)c(C)c1. The van der Waals surface area contributed by atoms with E-state index in [1.165, 1.54) is 18.2 Å². The average Bonchev–Trinajstić information content (AvgIpc) is 3.38. The molecule has 3 aromatic carbocycles. The summed E-state index contributed by atoms with van der Waals surface area (Å²) in [5.41, 5.74) is 6.51. The largest absolute Gasteiger partial charge is 0.492 e. The molecule has 7 nitrogen and oxygen atoms in total. The highest BCUT2D eigenvalue weighted by Gasteiger charge is 2.52. The van der Waals surface area contributed by atoms with E-state index in [2.05, 4.69) is 29.6 Å². The number of nitrogens with one attached hydrogen (secondary N) is 1. The van der Waals surface area contributed by atoms with Crippen LogP contribution in [0.2, 0.25) is 0 Å². The number of carbonyl (C=O) groups is 2. The van der Waals surface area contributed by atoms with Crippen LogP contribution in [0.3, 0.4) is 0 Å². The lowest BCUT2D eigenvalue weighted by Gasteiger charge is -2.32. The molecule has 0 atom stereocenters. The first kappa shape index (κ1) is 28.6. The van der Waals surface area contributed by atoms with E-state index in [0.717, 1.165) is 27.7 Å². The van der Waals surface area contributed by atoms with Gasteiger partial charge in [-0.2, -0.15) is 0 Å². The molecule has 41 heavy (non-hydrogen) atoms. The minimum atomic E-state index is -0.673. The molecule has 5 rings (SSSR count). The van der Waals surface area contributed by atoms with Gasteiger partial charge in [-0.15, -0.1) is 0 Å². The van der Waals surface area contributed by atoms with Crippen LogP contribution in [0.25, 0.3) is 17.2 Å². The van der Waals surface area contributed by atoms with Gasteiger partial charge in [0.15, 0.2) is 0 Å². The van der Waals surface area contributed by atoms with Crippen LogP contribution < -0.4 is 5.32 Å². The lowest BCUT2D eigenvalue weighted by molar-refractivity contribution is 0.00578. The van der Waals surface area contributed by atoms with Gasteiger partial charge in [-0.25, -0.2) is 9.59 Å². The molecule has 3 aromatic rings. The Bertz CT molecular complexity index is 1450. The highest BCUT2D eigenvalue weighted by molar-refractivity contribution is 6.56. The van der Waals surface area contributed by atoms with Crippen LogP contribution in [0, 0.1) is 6.92 Å². The lowest BCUT2D eigenvalue weighted by atomic mass is 9.76. The van der Waals surface area contributed by atoms with Crippen LogP contribution in [0.15, 0.2) is 72.2 Å². The first-order valence-corrected chi connectivity index (χ1v) is 13.8. The van der Waals surface area contributed by atoms with Crippen molar-refractivity contribution in [2.24, 2.45) is 0 Å². The normalized spacial score (nSPS) is 17.1. The molecule has 0 saturated carbocycles. The molecule has 8 heteroatoms. The molecule has 0 spiro atoms. The highest BCUT2D eigenvalue weighted by atomic mass is 16.7. The third-order valence-corrected chi connectivity index (χ3v) is 8.37. The van der Waals surface area contributed by atoms with E-state index in [9.17, 15) is 9.59 Å². The zero-order chi connectivity index (χ0) is 29.4. The van der Waals surface area contributed by atoms with Crippen molar-refractivity contribution in [1.82, 2.24) is 5.32 Å². The Labute approximate surface area is 242 Å². The van der Waals surface area contributed by atoms with Crippen molar-refractivity contribution >= 4 is 25.3 Å². The fourth-order valence-electron chi connectivity index (χ4n) is 5.30. The van der Waals surface area contributed by atoms with Gasteiger partial charge in [-0.05, 0) is 85.6 Å². The number of carbonyl (C=O) groups excluding carboxylic acids is 2. The summed E-state index contributed by atoms with van der Waals surface area (Å²) in [6.07, 6.45) is 1.41. The number of fused-ring (bicyclic) bond motifs is 3. The molecule has 212 valence electrons. The van der Waals surface area contributed by atoms with Crippen LogP contribution in [0.4, 0.5) is 4.79 Å². The minimum absolute atomic E-state index is 0.0257. The van der Waals surface area contributed by atoms with E-state index in [1.807, 2.05) is 71.0 Å². The first-order chi connectivity index (χ1) is 19.5. The number of aryl methyl sites for hydroxylation is 1. The number of ether oxygens (including phenoxy) is 2. The molecule has 0 radical (unpaired) electrons. The molecule has 1 aliphatic heterocycles. The molecule has 1 aliphatic carbocycles. The summed E-state index contributed by atoms with van der Waals surface area (Å²) in [5, 5.41) is 2.90. The van der Waals surface area contributed by atoms with Crippen molar-refractivity contribution in [2.75, 3.05) is 20.3 Å². The van der Waals surface area contributed by atoms with E-state index >= 15 is 0 Å². The number of benzene rings is 3. The summed E-state index contributed by atoms with van der Waals surface area (Å²) in [6.45, 7) is 10.2. The topological polar surface area (TPSA) is 83.1 Å². The minimum Gasteiger partial charge on any atom is -0.465 e. The molecular weight excluding hydrogens is 517 g/mol. The smallest absolute Gasteiger partial charge is 0.465 e. The average molecular weight is 553 g/mol. The second kappa shape index (κ2) is 11.2. The van der Waals surface area contributed by atoms with Crippen LogP contribution in [-0.2, 0) is 18.8 Å². The van der Waals surface area contributed by atoms with Gasteiger partial charge in [-0.1, -0.05) is 60.7 Å². The Morgan fingerprint density at radius 2 is 1.51 bits per heavy atom. The van der Waals surface area contributed by atoms with E-state index in [1.54, 1.807) is 12.1 Å². The van der Waals surface area contributed by atoms with Gasteiger partial charge >= 0.3 is 19.2 Å². The van der Waals surface area contributed by atoms with Gasteiger partial charge in [0.1, 0.15) is 6.61 Å². The third kappa shape index (κ3) is 5.67. The van der Waals surface area contributed by atoms with Crippen molar-refractivity contribution in [1.29, 1.82) is 0 Å². The van der Waals surface area contributed by atoms with Crippen molar-refractivity contribution < 1.29 is 28.4 Å². The number of rotatable bonds is 7. The van der Waals surface area contributed by atoms with Crippen molar-refractivity contribution in [3.8, 4) is 11.1 Å². The summed E-state index contributed by atoms with van der Waals surface area (Å²) < 4.78 is 23.2. The van der Waals surface area contributed by atoms with E-state index in [0.29, 0.717) is 5.56 Å². The van der Waals surface area contributed by atoms with Crippen molar-refractivity contribution in [3.63, 3.8) is 0 Å². The maximum atomic E-state index is 13.0. The molecule has 1 amide bonds. The van der Waals surface area contributed by atoms with Crippen LogP contribution in [-0.4, -0.2) is 50.6 Å². The fourth-order valence-corrected chi connectivity index (χ4v) is 5.30. The van der Waals surface area contributed by atoms with Crippen molar-refractivity contribution in [3.05, 3.63) is 100 Å². The molecule has 1 heterocycles. The number of hydrogen-bond acceptors (Lipinski definition) is 6. The first-order valence-electron chi connectivity index (χ1n) is 13.8. The van der Waals surface area contributed by atoms with Gasteiger partial charge in [0.05, 0.1) is 23.9 Å². The Balaban J connectivity index is 1.32. The van der Waals surface area contributed by atoms with Crippen molar-refractivity contribution in [2.45, 2.75) is 51.7 Å². The molecule has 0 aromatic heterocycles. The standard InChI is InChI=1S/C33H36BNO6/c1-21-17-23(30(36)38-6)16-15-22(21)18-24(34-40-32(2,3)33(4,5)41-34)19-35-31(37)39-20-29-27-13-9-7-11-25(27)26-12-8-10-14-28(26)29/h7-18,29H,19-20H2,1-6H3,(H,35,37). The fraction of sp³-hybridized carbons (Fsp3) is 0.333. The number of methoxy groups -OCH3 is 1. The molecule has 1 fully saturated rings. The Morgan fingerprint density at radius 1 is 0.927 bits per heavy atom. The number of hydrogen-bond donors (Lipinski definition) is 1. The van der Waals surface area contributed by atoms with E-state index in [-0.39, 0.29) is 19.1 Å². The summed E-state index contributed by atoms with van der Waals surface area (Å²) in [5.74, 6) is -0.422. The van der Waals surface area contributed by atoms with E-state index in [4.69, 9.17) is 18.8 Å². The Kier molecular flexibility index (Phi) is 7.81. The maximum Gasteiger partial charge on any atom is 0.492 e. The van der Waals surface area contributed by atoms with Crippen LogP contribution in [0.5, 0.6) is 0 Å². The quantitative estimate of drug-likeness (QED) is 0.272. The second-order valence-corrected chi connectivity index (χ2v) is 11.5. The molecule has 0 unspecified atom stereocenters. The van der Waals surface area contributed by atoms with Gasteiger partial charge in [-0.3, -0.25) is 0 Å². The second-order valence-electron chi connectivity index (χ2n) is 11.5. The molecule has 1 saturated heterocycles. The maximum absolute atomic E-state index is 13.0. The van der Waals surface area contributed by atoms with Gasteiger partial charge in [0.25, 0.3) is 0 Å². The number of alkyl carbamates (subject to hydrolysis) is 1. The Morgan fingerprint density at radius 3 is 2.07 bits per heavy atom. The van der Waals surface area contributed by atoms with Gasteiger partial charge in [0, 0.05) is 12.5 Å². The molecule has 2 aliphatic rings. The third-order valence-electron chi connectivity index (χ3n) is 8.37. The van der Waals surface area contributed by atoms with Crippen LogP contribution in [0.1, 0.15) is 66.2 Å². The Hall–Kier alpha value is -3.88. The zero-order valence-electron chi connectivity index (χ0n) is 24.4. The summed E-state index contributed by atoms with van der Waals surface area (Å²) >= 11 is 0. The summed E-state index contributed by atoms with van der Waals surface area (Å²) in [7, 11) is 0.685. The molecule has 1 N–H and O–H groups in total.